The first-order valence-electron chi connectivity index (χ1n) is 9.43. The second-order valence-electron chi connectivity index (χ2n) is 9.24. The Morgan fingerprint density at radius 2 is 1.22 bits per heavy atom. The van der Waals surface area contributed by atoms with Gasteiger partial charge < -0.3 is 0 Å². The normalized spacial score (nSPS) is 15.3. The summed E-state index contributed by atoms with van der Waals surface area (Å²) in [6.07, 6.45) is 0.882. The van der Waals surface area contributed by atoms with Crippen LogP contribution in [-0.4, -0.2) is 30.8 Å². The maximum atomic E-state index is 4.54. The molecular weight excluding hydrogens is 336 g/mol. The van der Waals surface area contributed by atoms with E-state index >= 15 is 0 Å². The quantitative estimate of drug-likeness (QED) is 0.529. The Kier molecular flexibility index (Phi) is 3.13. The van der Waals surface area contributed by atoms with Crippen molar-refractivity contribution in [2.75, 3.05) is 0 Å². The van der Waals surface area contributed by atoms with Crippen molar-refractivity contribution in [2.45, 2.75) is 47.0 Å². The summed E-state index contributed by atoms with van der Waals surface area (Å²) in [5.74, 6) is 0.152. The van der Waals surface area contributed by atoms with Crippen molar-refractivity contribution in [2.24, 2.45) is 10.8 Å². The number of benzene rings is 2. The minimum absolute atomic E-state index is 0.0443. The average molecular weight is 360 g/mol. The Morgan fingerprint density at radius 1 is 0.741 bits per heavy atom. The fourth-order valence-corrected chi connectivity index (χ4v) is 4.41. The standard InChI is InChI=1S/C21H24N6/c1-20(2,3)21(4,5)17-15-11(6-8-13-18(15)24-26-22-13)10-12-7-9-14-19(16(12)17)25-27-23-14/h6-9,17H,10H2,1-5H3,(H,22,24,26)(H,23,25,27). The molecule has 5 rings (SSSR count). The van der Waals surface area contributed by atoms with Gasteiger partial charge in [0.05, 0.1) is 0 Å². The lowest BCUT2D eigenvalue weighted by Gasteiger charge is -2.48. The van der Waals surface area contributed by atoms with Crippen LogP contribution in [0.25, 0.3) is 22.1 Å². The van der Waals surface area contributed by atoms with Crippen LogP contribution >= 0.6 is 0 Å². The Labute approximate surface area is 157 Å². The van der Waals surface area contributed by atoms with Crippen molar-refractivity contribution < 1.29 is 0 Å². The van der Waals surface area contributed by atoms with Crippen LogP contribution in [0.5, 0.6) is 0 Å². The monoisotopic (exact) mass is 360 g/mol. The third-order valence-corrected chi connectivity index (χ3v) is 6.85. The number of hydrogen-bond acceptors (Lipinski definition) is 4. The summed E-state index contributed by atoms with van der Waals surface area (Å²) in [5.41, 5.74) is 9.02. The molecule has 0 spiro atoms. The van der Waals surface area contributed by atoms with Crippen LogP contribution in [0.3, 0.4) is 0 Å². The fourth-order valence-electron chi connectivity index (χ4n) is 4.41. The Balaban J connectivity index is 1.92. The molecule has 0 bridgehead atoms. The third kappa shape index (κ3) is 2.13. The van der Waals surface area contributed by atoms with E-state index in [1.165, 1.54) is 22.3 Å². The number of nitrogens with zero attached hydrogens (tertiary/aromatic N) is 4. The summed E-state index contributed by atoms with van der Waals surface area (Å²) in [6, 6.07) is 8.56. The predicted molar refractivity (Wildman–Crippen MR) is 106 cm³/mol. The van der Waals surface area contributed by atoms with Gasteiger partial charge in [0, 0.05) is 5.92 Å². The molecule has 2 aromatic carbocycles. The molecule has 0 amide bonds. The molecule has 27 heavy (non-hydrogen) atoms. The van der Waals surface area contributed by atoms with Gasteiger partial charge in [-0.05, 0) is 51.6 Å². The summed E-state index contributed by atoms with van der Waals surface area (Å²) in [5, 5.41) is 23.4. The van der Waals surface area contributed by atoms with Crippen LogP contribution in [0.1, 0.15) is 62.8 Å². The van der Waals surface area contributed by atoms with Gasteiger partial charge in [-0.1, -0.05) is 46.8 Å². The highest BCUT2D eigenvalue weighted by Crippen LogP contribution is 2.56. The zero-order valence-corrected chi connectivity index (χ0v) is 16.4. The summed E-state index contributed by atoms with van der Waals surface area (Å²) < 4.78 is 0. The summed E-state index contributed by atoms with van der Waals surface area (Å²) >= 11 is 0. The molecule has 1 aliphatic rings. The number of nitrogens with one attached hydrogen (secondary N) is 2. The summed E-state index contributed by atoms with van der Waals surface area (Å²) in [4.78, 5) is 0. The van der Waals surface area contributed by atoms with E-state index in [-0.39, 0.29) is 16.7 Å². The highest BCUT2D eigenvalue weighted by Gasteiger charge is 2.46. The maximum absolute atomic E-state index is 4.54. The maximum Gasteiger partial charge on any atom is 0.117 e. The van der Waals surface area contributed by atoms with Crippen LogP contribution in [0, 0.1) is 10.8 Å². The largest absolute Gasteiger partial charge is 0.197 e. The fraction of sp³-hybridized carbons (Fsp3) is 0.429. The average Bonchev–Trinajstić information content (AvgIpc) is 3.27. The van der Waals surface area contributed by atoms with Gasteiger partial charge in [0.15, 0.2) is 0 Å². The predicted octanol–water partition coefficient (Wildman–Crippen LogP) is 4.34. The second-order valence-corrected chi connectivity index (χ2v) is 9.24. The van der Waals surface area contributed by atoms with Crippen LogP contribution in [0.2, 0.25) is 0 Å². The molecule has 0 radical (unpaired) electrons. The van der Waals surface area contributed by atoms with Gasteiger partial charge in [-0.3, -0.25) is 0 Å². The van der Waals surface area contributed by atoms with Gasteiger partial charge in [-0.2, -0.15) is 30.8 Å². The zero-order valence-electron chi connectivity index (χ0n) is 16.4. The molecule has 0 saturated heterocycles. The Morgan fingerprint density at radius 3 is 1.67 bits per heavy atom. The van der Waals surface area contributed by atoms with E-state index in [1.54, 1.807) is 0 Å². The van der Waals surface area contributed by atoms with Crippen molar-refractivity contribution in [3.05, 3.63) is 46.5 Å². The van der Waals surface area contributed by atoms with Gasteiger partial charge in [0.25, 0.3) is 0 Å². The van der Waals surface area contributed by atoms with Crippen molar-refractivity contribution in [1.82, 2.24) is 30.8 Å². The molecule has 1 aliphatic carbocycles. The molecule has 2 heterocycles. The molecule has 2 aromatic heterocycles. The van der Waals surface area contributed by atoms with Crippen molar-refractivity contribution in [1.29, 1.82) is 0 Å². The number of rotatable bonds is 1. The van der Waals surface area contributed by atoms with Crippen LogP contribution in [0.4, 0.5) is 0 Å². The first-order chi connectivity index (χ1) is 12.8. The van der Waals surface area contributed by atoms with E-state index in [0.29, 0.717) is 0 Å². The third-order valence-electron chi connectivity index (χ3n) is 6.85. The Bertz CT molecular complexity index is 1090. The van der Waals surface area contributed by atoms with Gasteiger partial charge in [0.1, 0.15) is 22.1 Å². The van der Waals surface area contributed by atoms with Crippen LogP contribution in [0.15, 0.2) is 24.3 Å². The Hall–Kier alpha value is -2.76. The SMILES string of the molecule is CC(C)(C)C(C)(C)C1c2c(ccc3n[nH]nc23)Cc2ccc3n[nH]nc3c21. The minimum Gasteiger partial charge on any atom is -0.197 e. The van der Waals surface area contributed by atoms with E-state index in [1.807, 2.05) is 0 Å². The highest BCUT2D eigenvalue weighted by molar-refractivity contribution is 5.86. The van der Waals surface area contributed by atoms with Gasteiger partial charge in [0.2, 0.25) is 0 Å². The molecule has 0 aliphatic heterocycles. The number of H-pyrrole nitrogens is 2. The molecule has 6 nitrogen and oxygen atoms in total. The van der Waals surface area contributed by atoms with Crippen molar-refractivity contribution in [3.8, 4) is 0 Å². The molecule has 0 saturated carbocycles. The lowest BCUT2D eigenvalue weighted by molar-refractivity contribution is 0.109. The van der Waals surface area contributed by atoms with E-state index in [2.05, 4.69) is 89.7 Å². The first-order valence-corrected chi connectivity index (χ1v) is 9.43. The molecule has 6 heteroatoms. The smallest absolute Gasteiger partial charge is 0.117 e. The van der Waals surface area contributed by atoms with E-state index in [4.69, 9.17) is 0 Å². The number of fused-ring (bicyclic) bond motifs is 6. The lowest BCUT2D eigenvalue weighted by Crippen LogP contribution is -2.38. The molecule has 0 fully saturated rings. The second kappa shape index (κ2) is 5.15. The van der Waals surface area contributed by atoms with Crippen molar-refractivity contribution in [3.63, 3.8) is 0 Å². The van der Waals surface area contributed by atoms with Crippen LogP contribution < -0.4 is 0 Å². The summed E-state index contributed by atoms with van der Waals surface area (Å²) in [7, 11) is 0. The minimum atomic E-state index is -0.0443. The lowest BCUT2D eigenvalue weighted by atomic mass is 9.56. The summed E-state index contributed by atoms with van der Waals surface area (Å²) in [6.45, 7) is 11.6. The molecular formula is C21H24N6. The van der Waals surface area contributed by atoms with Crippen molar-refractivity contribution >= 4 is 22.1 Å². The van der Waals surface area contributed by atoms with Crippen LogP contribution in [-0.2, 0) is 6.42 Å². The van der Waals surface area contributed by atoms with Gasteiger partial charge in [-0.25, -0.2) is 0 Å². The molecule has 4 aromatic rings. The number of hydrogen-bond donors (Lipinski definition) is 2. The van der Waals surface area contributed by atoms with E-state index in [9.17, 15) is 0 Å². The number of aromatic nitrogens is 6. The first kappa shape index (κ1) is 16.4. The molecule has 138 valence electrons. The molecule has 2 N–H and O–H groups in total. The van der Waals surface area contributed by atoms with Gasteiger partial charge >= 0.3 is 0 Å². The van der Waals surface area contributed by atoms with E-state index in [0.717, 1.165) is 28.5 Å². The molecule has 0 atom stereocenters. The molecule has 0 unspecified atom stereocenters. The number of aromatic amines is 2. The van der Waals surface area contributed by atoms with Gasteiger partial charge in [-0.15, -0.1) is 0 Å². The topological polar surface area (TPSA) is 83.1 Å². The zero-order chi connectivity index (χ0) is 19.0. The highest BCUT2D eigenvalue weighted by atomic mass is 15.3. The van der Waals surface area contributed by atoms with E-state index < -0.39 is 0 Å².